The largest absolute Gasteiger partial charge is 0.348 e. The van der Waals surface area contributed by atoms with Crippen LogP contribution in [0, 0.1) is 6.92 Å². The first-order chi connectivity index (χ1) is 12.8. The fourth-order valence-electron chi connectivity index (χ4n) is 2.66. The first-order valence-corrected chi connectivity index (χ1v) is 9.79. The van der Waals surface area contributed by atoms with Crippen LogP contribution in [-0.4, -0.2) is 24.1 Å². The Morgan fingerprint density at radius 2 is 1.85 bits per heavy atom. The predicted octanol–water partition coefficient (Wildman–Crippen LogP) is 2.46. The summed E-state index contributed by atoms with van der Waals surface area (Å²) in [6.07, 6.45) is 1.44. The van der Waals surface area contributed by atoms with Crippen LogP contribution in [0.2, 0.25) is 0 Å². The number of nitrogens with zero attached hydrogens (tertiary/aromatic N) is 2. The van der Waals surface area contributed by atoms with Crippen LogP contribution in [0.15, 0.2) is 65.7 Å². The first kappa shape index (κ1) is 18.7. The van der Waals surface area contributed by atoms with E-state index in [4.69, 9.17) is 0 Å². The smallest absolute Gasteiger partial charge is 0.265 e. The molecule has 8 heteroatoms. The van der Waals surface area contributed by atoms with Gasteiger partial charge in [0.25, 0.3) is 15.9 Å². The summed E-state index contributed by atoms with van der Waals surface area (Å²) in [7, 11) is -2.13. The molecule has 1 aromatic heterocycles. The lowest BCUT2D eigenvalue weighted by molar-refractivity contribution is 0.0951. The van der Waals surface area contributed by atoms with Gasteiger partial charge >= 0.3 is 0 Å². The topological polar surface area (TPSA) is 93.1 Å². The molecule has 1 amide bonds. The van der Waals surface area contributed by atoms with Crippen LogP contribution in [0.5, 0.6) is 0 Å². The van der Waals surface area contributed by atoms with Gasteiger partial charge in [-0.05, 0) is 30.7 Å². The van der Waals surface area contributed by atoms with Crippen molar-refractivity contribution < 1.29 is 13.2 Å². The second-order valence-corrected chi connectivity index (χ2v) is 7.76. The number of carbonyl (C=O) groups excluding carboxylic acids is 1. The molecule has 0 aliphatic carbocycles. The Hall–Kier alpha value is -3.13. The molecule has 0 saturated carbocycles. The highest BCUT2D eigenvalue weighted by atomic mass is 32.2. The van der Waals surface area contributed by atoms with Gasteiger partial charge in [0.2, 0.25) is 0 Å². The van der Waals surface area contributed by atoms with Crippen molar-refractivity contribution in [3.05, 3.63) is 77.6 Å². The van der Waals surface area contributed by atoms with Crippen molar-refractivity contribution in [2.45, 2.75) is 18.4 Å². The van der Waals surface area contributed by atoms with Crippen molar-refractivity contribution in [1.82, 2.24) is 15.1 Å². The van der Waals surface area contributed by atoms with E-state index in [0.29, 0.717) is 23.5 Å². The van der Waals surface area contributed by atoms with E-state index < -0.39 is 10.0 Å². The zero-order valence-corrected chi connectivity index (χ0v) is 15.8. The maximum Gasteiger partial charge on any atom is 0.265 e. The lowest BCUT2D eigenvalue weighted by Crippen LogP contribution is -2.23. The molecular weight excluding hydrogens is 364 g/mol. The molecule has 0 bridgehead atoms. The summed E-state index contributed by atoms with van der Waals surface area (Å²) in [5.41, 5.74) is 2.07. The average Bonchev–Trinajstić information content (AvgIpc) is 2.99. The zero-order valence-electron chi connectivity index (χ0n) is 15.0. The van der Waals surface area contributed by atoms with Crippen molar-refractivity contribution in [1.29, 1.82) is 0 Å². The minimum absolute atomic E-state index is 0.101. The number of sulfonamides is 1. The number of benzene rings is 2. The number of nitrogens with one attached hydrogen (secondary N) is 2. The summed E-state index contributed by atoms with van der Waals surface area (Å²) in [5.74, 6) is -0.280. The number of rotatable bonds is 6. The predicted molar refractivity (Wildman–Crippen MR) is 103 cm³/mol. The molecular formula is C19H20N4O3S. The van der Waals surface area contributed by atoms with Crippen molar-refractivity contribution in [3.8, 4) is 0 Å². The van der Waals surface area contributed by atoms with Crippen molar-refractivity contribution >= 4 is 21.6 Å². The molecule has 1 heterocycles. The Morgan fingerprint density at radius 3 is 2.52 bits per heavy atom. The lowest BCUT2D eigenvalue weighted by Gasteiger charge is -2.09. The summed E-state index contributed by atoms with van der Waals surface area (Å²) in [5, 5.41) is 6.87. The number of carbonyl (C=O) groups is 1. The first-order valence-electron chi connectivity index (χ1n) is 8.30. The van der Waals surface area contributed by atoms with Crippen LogP contribution in [0.3, 0.4) is 0 Å². The molecule has 0 atom stereocenters. The second-order valence-electron chi connectivity index (χ2n) is 6.11. The fourth-order valence-corrected chi connectivity index (χ4v) is 3.92. The van der Waals surface area contributed by atoms with Crippen LogP contribution in [-0.2, 0) is 23.6 Å². The Labute approximate surface area is 158 Å². The van der Waals surface area contributed by atoms with E-state index in [2.05, 4.69) is 15.1 Å². The molecule has 2 N–H and O–H groups in total. The fraction of sp³-hybridized carbons (Fsp3) is 0.158. The molecule has 140 valence electrons. The van der Waals surface area contributed by atoms with Crippen LogP contribution in [0.4, 0.5) is 5.69 Å². The van der Waals surface area contributed by atoms with Crippen LogP contribution < -0.4 is 10.0 Å². The molecule has 7 nitrogen and oxygen atoms in total. The van der Waals surface area contributed by atoms with Gasteiger partial charge in [-0.3, -0.25) is 14.2 Å². The van der Waals surface area contributed by atoms with Gasteiger partial charge in [0.05, 0.1) is 5.69 Å². The quantitative estimate of drug-likeness (QED) is 0.683. The third-order valence-electron chi connectivity index (χ3n) is 3.93. The van der Waals surface area contributed by atoms with Gasteiger partial charge in [-0.15, -0.1) is 0 Å². The van der Waals surface area contributed by atoms with Crippen molar-refractivity contribution in [2.75, 3.05) is 4.72 Å². The monoisotopic (exact) mass is 384 g/mol. The minimum Gasteiger partial charge on any atom is -0.348 e. The van der Waals surface area contributed by atoms with E-state index >= 15 is 0 Å². The Bertz CT molecular complexity index is 1060. The molecule has 27 heavy (non-hydrogen) atoms. The van der Waals surface area contributed by atoms with E-state index in [1.165, 1.54) is 16.9 Å². The van der Waals surface area contributed by atoms with Gasteiger partial charge in [-0.2, -0.15) is 5.10 Å². The Morgan fingerprint density at radius 1 is 1.11 bits per heavy atom. The number of aromatic nitrogens is 2. The highest BCUT2D eigenvalue weighted by Gasteiger charge is 2.20. The maximum absolute atomic E-state index is 12.6. The summed E-state index contributed by atoms with van der Waals surface area (Å²) in [6, 6.07) is 15.9. The standard InChI is InChI=1S/C19H20N4O3S/c1-14-18(13-23(2)21-14)27(25,26)22-17-10-6-9-16(11-17)19(24)20-12-15-7-4-3-5-8-15/h3-11,13,22H,12H2,1-2H3,(H,20,24). The normalized spacial score (nSPS) is 11.2. The van der Waals surface area contributed by atoms with Gasteiger partial charge in [0.15, 0.2) is 0 Å². The SMILES string of the molecule is Cc1nn(C)cc1S(=O)(=O)Nc1cccc(C(=O)NCc2ccccc2)c1. The minimum atomic E-state index is -3.79. The molecule has 3 aromatic rings. The van der Waals surface area contributed by atoms with Gasteiger partial charge in [-0.25, -0.2) is 8.42 Å². The van der Waals surface area contributed by atoms with E-state index in [-0.39, 0.29) is 10.8 Å². The molecule has 0 aliphatic heterocycles. The van der Waals surface area contributed by atoms with E-state index in [0.717, 1.165) is 5.56 Å². The van der Waals surface area contributed by atoms with Crippen molar-refractivity contribution in [2.24, 2.45) is 7.05 Å². The van der Waals surface area contributed by atoms with Crippen LogP contribution in [0.25, 0.3) is 0 Å². The lowest BCUT2D eigenvalue weighted by atomic mass is 10.2. The highest BCUT2D eigenvalue weighted by molar-refractivity contribution is 7.92. The van der Waals surface area contributed by atoms with Gasteiger partial charge < -0.3 is 5.32 Å². The number of anilines is 1. The number of hydrogen-bond acceptors (Lipinski definition) is 4. The maximum atomic E-state index is 12.6. The van der Waals surface area contributed by atoms with Crippen molar-refractivity contribution in [3.63, 3.8) is 0 Å². The molecule has 2 aromatic carbocycles. The molecule has 0 unspecified atom stereocenters. The molecule has 3 rings (SSSR count). The molecule has 0 spiro atoms. The highest BCUT2D eigenvalue weighted by Crippen LogP contribution is 2.19. The zero-order chi connectivity index (χ0) is 19.4. The molecule has 0 aliphatic rings. The van der Waals surface area contributed by atoms with E-state index in [1.807, 2.05) is 30.3 Å². The molecule has 0 radical (unpaired) electrons. The summed E-state index contributed by atoms with van der Waals surface area (Å²) >= 11 is 0. The van der Waals surface area contributed by atoms with Gasteiger partial charge in [0, 0.05) is 31.0 Å². The Balaban J connectivity index is 1.73. The number of amides is 1. The Kier molecular flexibility index (Phi) is 5.27. The third-order valence-corrected chi connectivity index (χ3v) is 5.42. The summed E-state index contributed by atoms with van der Waals surface area (Å²) in [4.78, 5) is 12.5. The van der Waals surface area contributed by atoms with Gasteiger partial charge in [-0.1, -0.05) is 36.4 Å². The second kappa shape index (κ2) is 7.63. The summed E-state index contributed by atoms with van der Waals surface area (Å²) < 4.78 is 29.1. The molecule has 0 fully saturated rings. The third kappa shape index (κ3) is 4.53. The number of hydrogen-bond donors (Lipinski definition) is 2. The summed E-state index contributed by atoms with van der Waals surface area (Å²) in [6.45, 7) is 2.02. The molecule has 0 saturated heterocycles. The average molecular weight is 384 g/mol. The number of aryl methyl sites for hydroxylation is 2. The van der Waals surface area contributed by atoms with Crippen LogP contribution in [0.1, 0.15) is 21.6 Å². The van der Waals surface area contributed by atoms with E-state index in [9.17, 15) is 13.2 Å². The van der Waals surface area contributed by atoms with E-state index in [1.54, 1.807) is 32.2 Å². The van der Waals surface area contributed by atoms with Crippen LogP contribution >= 0.6 is 0 Å². The van der Waals surface area contributed by atoms with Gasteiger partial charge in [0.1, 0.15) is 4.90 Å².